The molecule has 8 nitrogen and oxygen atoms in total. The molecule has 11 heteroatoms. The van der Waals surface area contributed by atoms with E-state index in [2.05, 4.69) is 9.97 Å². The molecule has 0 aliphatic carbocycles. The molecule has 35 heavy (non-hydrogen) atoms. The molecular weight excluding hydrogens is 478 g/mol. The summed E-state index contributed by atoms with van der Waals surface area (Å²) >= 11 is 1.39. The first-order valence-electron chi connectivity index (χ1n) is 11.6. The van der Waals surface area contributed by atoms with Crippen LogP contribution in [-0.4, -0.2) is 63.3 Å². The van der Waals surface area contributed by atoms with Crippen LogP contribution in [0, 0.1) is 0 Å². The molecule has 0 saturated carbocycles. The van der Waals surface area contributed by atoms with Gasteiger partial charge in [-0.1, -0.05) is 6.07 Å². The molecular formula is C24H28F2N4O4S. The Bertz CT molecular complexity index is 1220. The number of thiazole rings is 1. The minimum atomic E-state index is -3.01. The highest BCUT2D eigenvalue weighted by molar-refractivity contribution is 7.13. The zero-order valence-electron chi connectivity index (χ0n) is 20.0. The standard InChI is InChI=1S/C24H28F2N4O4S/c1-23(2,3)34-22(31)30-13-5-6-14(30)12-29(11-13)21-28-17-16(24(4,32)20(25)26)8-7-15(18(17)33-21)19-27-9-10-35-19/h7-10,13-14,20,32H,5-6,11-12H2,1-4H3. The number of alkyl halides is 2. The van der Waals surface area contributed by atoms with Gasteiger partial charge in [0.25, 0.3) is 12.4 Å². The van der Waals surface area contributed by atoms with Crippen molar-refractivity contribution in [3.8, 4) is 10.6 Å². The molecule has 1 aromatic carbocycles. The van der Waals surface area contributed by atoms with Crippen molar-refractivity contribution in [2.45, 2.75) is 70.2 Å². The number of amides is 1. The van der Waals surface area contributed by atoms with Crippen LogP contribution in [0.5, 0.6) is 0 Å². The van der Waals surface area contributed by atoms with E-state index in [1.54, 1.807) is 17.2 Å². The fourth-order valence-corrected chi connectivity index (χ4v) is 5.51. The fraction of sp³-hybridized carbons (Fsp3) is 0.542. The van der Waals surface area contributed by atoms with Gasteiger partial charge in [-0.2, -0.15) is 4.98 Å². The van der Waals surface area contributed by atoms with Crippen LogP contribution in [0.2, 0.25) is 0 Å². The summed E-state index contributed by atoms with van der Waals surface area (Å²) in [6.45, 7) is 7.56. The number of carbonyl (C=O) groups is 1. The second-order valence-electron chi connectivity index (χ2n) is 10.3. The molecule has 3 unspecified atom stereocenters. The zero-order chi connectivity index (χ0) is 25.1. The van der Waals surface area contributed by atoms with Gasteiger partial charge in [-0.3, -0.25) is 4.90 Å². The molecule has 1 N–H and O–H groups in total. The number of aliphatic hydroxyl groups is 1. The normalized spacial score (nSPS) is 22.2. The van der Waals surface area contributed by atoms with Crippen molar-refractivity contribution in [3.05, 3.63) is 29.3 Å². The maximum Gasteiger partial charge on any atom is 0.410 e. The average Bonchev–Trinajstić information content (AvgIpc) is 3.49. The number of benzene rings is 1. The van der Waals surface area contributed by atoms with Gasteiger partial charge in [0, 0.05) is 30.2 Å². The summed E-state index contributed by atoms with van der Waals surface area (Å²) in [6, 6.07) is 3.23. The van der Waals surface area contributed by atoms with Gasteiger partial charge in [0.2, 0.25) is 0 Å². The van der Waals surface area contributed by atoms with Gasteiger partial charge < -0.3 is 19.2 Å². The number of rotatable bonds is 4. The van der Waals surface area contributed by atoms with E-state index >= 15 is 0 Å². The van der Waals surface area contributed by atoms with Crippen molar-refractivity contribution < 1.29 is 27.8 Å². The molecule has 188 valence electrons. The summed E-state index contributed by atoms with van der Waals surface area (Å²) in [7, 11) is 0. The summed E-state index contributed by atoms with van der Waals surface area (Å²) in [4.78, 5) is 25.5. The molecule has 2 aliphatic rings. The number of hydrogen-bond donors (Lipinski definition) is 1. The molecule has 4 heterocycles. The number of piperazine rings is 1. The number of oxazole rings is 1. The van der Waals surface area contributed by atoms with Crippen molar-refractivity contribution in [2.24, 2.45) is 0 Å². The highest BCUT2D eigenvalue weighted by atomic mass is 32.1. The van der Waals surface area contributed by atoms with Crippen molar-refractivity contribution in [3.63, 3.8) is 0 Å². The largest absolute Gasteiger partial charge is 0.444 e. The first-order chi connectivity index (χ1) is 16.5. The number of anilines is 1. The molecule has 0 spiro atoms. The predicted octanol–water partition coefficient (Wildman–Crippen LogP) is 5.01. The van der Waals surface area contributed by atoms with E-state index in [-0.39, 0.29) is 35.3 Å². The monoisotopic (exact) mass is 506 g/mol. The number of halogens is 2. The fourth-order valence-electron chi connectivity index (χ4n) is 4.85. The number of aromatic nitrogens is 2. The Morgan fingerprint density at radius 1 is 1.23 bits per heavy atom. The average molecular weight is 507 g/mol. The maximum atomic E-state index is 13.7. The van der Waals surface area contributed by atoms with E-state index in [0.29, 0.717) is 29.2 Å². The molecule has 2 aliphatic heterocycles. The summed E-state index contributed by atoms with van der Waals surface area (Å²) in [5.41, 5.74) is -1.89. The van der Waals surface area contributed by atoms with Gasteiger partial charge in [0.05, 0.1) is 17.6 Å². The van der Waals surface area contributed by atoms with E-state index in [1.165, 1.54) is 17.4 Å². The molecule has 1 amide bonds. The van der Waals surface area contributed by atoms with Crippen molar-refractivity contribution in [1.29, 1.82) is 0 Å². The Balaban J connectivity index is 1.51. The Morgan fingerprint density at radius 3 is 2.49 bits per heavy atom. The number of ether oxygens (including phenoxy) is 1. The van der Waals surface area contributed by atoms with Crippen LogP contribution < -0.4 is 4.90 Å². The highest BCUT2D eigenvalue weighted by Crippen LogP contribution is 2.41. The zero-order valence-corrected chi connectivity index (χ0v) is 20.8. The third-order valence-corrected chi connectivity index (χ3v) is 7.33. The molecule has 0 radical (unpaired) electrons. The summed E-state index contributed by atoms with van der Waals surface area (Å²) in [5, 5.41) is 13.0. The molecule has 3 aromatic rings. The minimum Gasteiger partial charge on any atom is -0.444 e. The summed E-state index contributed by atoms with van der Waals surface area (Å²) in [5.74, 6) is 0. The second-order valence-corrected chi connectivity index (χ2v) is 11.2. The Hall–Kier alpha value is -2.79. The van der Waals surface area contributed by atoms with Crippen molar-refractivity contribution >= 4 is 34.5 Å². The number of nitrogens with zero attached hydrogens (tertiary/aromatic N) is 4. The molecule has 2 bridgehead atoms. The van der Waals surface area contributed by atoms with Gasteiger partial charge in [0.1, 0.15) is 21.7 Å². The van der Waals surface area contributed by atoms with Crippen LogP contribution in [0.4, 0.5) is 19.6 Å². The predicted molar refractivity (Wildman–Crippen MR) is 128 cm³/mol. The second kappa shape index (κ2) is 8.41. The van der Waals surface area contributed by atoms with Crippen LogP contribution in [0.3, 0.4) is 0 Å². The van der Waals surface area contributed by atoms with Crippen LogP contribution in [-0.2, 0) is 10.3 Å². The summed E-state index contributed by atoms with van der Waals surface area (Å²) in [6.07, 6.45) is -0.0274. The molecule has 5 rings (SSSR count). The third kappa shape index (κ3) is 4.24. The van der Waals surface area contributed by atoms with E-state index in [9.17, 15) is 18.7 Å². The lowest BCUT2D eigenvalue weighted by molar-refractivity contribution is -0.0874. The van der Waals surface area contributed by atoms with Crippen molar-refractivity contribution in [1.82, 2.24) is 14.9 Å². The number of hydrogen-bond acceptors (Lipinski definition) is 8. The van der Waals surface area contributed by atoms with E-state index in [1.807, 2.05) is 31.1 Å². The van der Waals surface area contributed by atoms with Gasteiger partial charge in [0.15, 0.2) is 5.58 Å². The molecule has 3 atom stereocenters. The van der Waals surface area contributed by atoms with Crippen molar-refractivity contribution in [2.75, 3.05) is 18.0 Å². The maximum absolute atomic E-state index is 13.7. The lowest BCUT2D eigenvalue weighted by atomic mass is 9.94. The third-order valence-electron chi connectivity index (χ3n) is 6.52. The van der Waals surface area contributed by atoms with E-state index in [4.69, 9.17) is 9.15 Å². The Labute approximate surface area is 205 Å². The SMILES string of the molecule is CC(C)(C)OC(=O)N1C2CCC1CN(c1nc3c(C(C)(O)C(F)F)ccc(-c4nccs4)c3o1)C2. The van der Waals surface area contributed by atoms with Crippen LogP contribution in [0.1, 0.15) is 46.1 Å². The lowest BCUT2D eigenvalue weighted by Crippen LogP contribution is -2.56. The first kappa shape index (κ1) is 23.9. The van der Waals surface area contributed by atoms with Gasteiger partial charge >= 0.3 is 6.09 Å². The lowest BCUT2D eigenvalue weighted by Gasteiger charge is -2.40. The number of fused-ring (bicyclic) bond motifs is 3. The minimum absolute atomic E-state index is 0.00632. The highest BCUT2D eigenvalue weighted by Gasteiger charge is 2.45. The number of carbonyl (C=O) groups excluding carboxylic acids is 1. The smallest absolute Gasteiger partial charge is 0.410 e. The van der Waals surface area contributed by atoms with Gasteiger partial charge in [-0.15, -0.1) is 11.3 Å². The van der Waals surface area contributed by atoms with Crippen LogP contribution in [0.15, 0.2) is 28.1 Å². The van der Waals surface area contributed by atoms with Gasteiger partial charge in [-0.25, -0.2) is 18.6 Å². The molecule has 2 saturated heterocycles. The quantitative estimate of drug-likeness (QED) is 0.532. The topological polar surface area (TPSA) is 91.9 Å². The molecule has 2 aromatic heterocycles. The molecule has 2 fully saturated rings. The van der Waals surface area contributed by atoms with Crippen LogP contribution in [0.25, 0.3) is 21.7 Å². The van der Waals surface area contributed by atoms with Crippen LogP contribution >= 0.6 is 11.3 Å². The Morgan fingerprint density at radius 2 is 1.91 bits per heavy atom. The van der Waals surface area contributed by atoms with E-state index in [0.717, 1.165) is 19.8 Å². The van der Waals surface area contributed by atoms with E-state index < -0.39 is 17.6 Å². The Kier molecular flexibility index (Phi) is 5.75. The summed E-state index contributed by atoms with van der Waals surface area (Å²) < 4.78 is 39.2. The van der Waals surface area contributed by atoms with Gasteiger partial charge in [-0.05, 0) is 46.6 Å². The first-order valence-corrected chi connectivity index (χ1v) is 12.4.